The van der Waals surface area contributed by atoms with Crippen molar-refractivity contribution in [3.8, 4) is 0 Å². The molecule has 0 spiro atoms. The maximum absolute atomic E-state index is 13.9. The van der Waals surface area contributed by atoms with E-state index in [9.17, 15) is 22.4 Å². The van der Waals surface area contributed by atoms with E-state index in [0.717, 1.165) is 22.0 Å². The smallest absolute Gasteiger partial charge is 0.264 e. The van der Waals surface area contributed by atoms with Crippen molar-refractivity contribution in [3.05, 3.63) is 96.3 Å². The molecule has 3 aromatic rings. The molecular weight excluding hydrogens is 505 g/mol. The Morgan fingerprint density at radius 2 is 1.47 bits per heavy atom. The van der Waals surface area contributed by atoms with Crippen LogP contribution in [0, 0.1) is 11.7 Å². The molecule has 7 nitrogen and oxygen atoms in total. The van der Waals surface area contributed by atoms with Gasteiger partial charge in [0.05, 0.1) is 10.6 Å². The largest absolute Gasteiger partial charge is 0.354 e. The summed E-state index contributed by atoms with van der Waals surface area (Å²) in [5.41, 5.74) is 1.09. The van der Waals surface area contributed by atoms with Crippen LogP contribution in [0.25, 0.3) is 0 Å². The zero-order valence-electron chi connectivity index (χ0n) is 21.9. The highest BCUT2D eigenvalue weighted by Gasteiger charge is 2.33. The molecule has 202 valence electrons. The van der Waals surface area contributed by atoms with Crippen molar-refractivity contribution < 1.29 is 22.4 Å². The first-order chi connectivity index (χ1) is 18.1. The van der Waals surface area contributed by atoms with Crippen molar-refractivity contribution in [3.63, 3.8) is 0 Å². The number of nitrogens with zero attached hydrogens (tertiary/aromatic N) is 2. The first-order valence-corrected chi connectivity index (χ1v) is 14.0. The van der Waals surface area contributed by atoms with Gasteiger partial charge < -0.3 is 10.2 Å². The molecule has 9 heteroatoms. The second kappa shape index (κ2) is 13.2. The molecule has 0 aromatic heterocycles. The maximum Gasteiger partial charge on any atom is 0.264 e. The summed E-state index contributed by atoms with van der Waals surface area (Å²) in [5, 5.41) is 2.90. The number of carbonyl (C=O) groups excluding carboxylic acids is 2. The van der Waals surface area contributed by atoms with Crippen LogP contribution in [0.15, 0.2) is 89.8 Å². The van der Waals surface area contributed by atoms with Gasteiger partial charge in [0.15, 0.2) is 0 Å². The number of rotatable bonds is 12. The minimum atomic E-state index is -4.23. The molecule has 0 unspecified atom stereocenters. The zero-order chi connectivity index (χ0) is 27.7. The molecule has 0 bridgehead atoms. The third-order valence-corrected chi connectivity index (χ3v) is 7.78. The number of hydrogen-bond donors (Lipinski definition) is 1. The van der Waals surface area contributed by atoms with Crippen LogP contribution in [0.4, 0.5) is 10.1 Å². The summed E-state index contributed by atoms with van der Waals surface area (Å²) in [5.74, 6) is -1.17. The van der Waals surface area contributed by atoms with Crippen molar-refractivity contribution in [2.45, 2.75) is 44.7 Å². The third-order valence-electron chi connectivity index (χ3n) is 5.99. The van der Waals surface area contributed by atoms with Crippen LogP contribution in [-0.4, -0.2) is 44.3 Å². The lowest BCUT2D eigenvalue weighted by atomic mass is 10.1. The Balaban J connectivity index is 2.00. The van der Waals surface area contributed by atoms with E-state index in [4.69, 9.17) is 0 Å². The van der Waals surface area contributed by atoms with Crippen molar-refractivity contribution in [1.29, 1.82) is 0 Å². The van der Waals surface area contributed by atoms with E-state index >= 15 is 0 Å². The fourth-order valence-electron chi connectivity index (χ4n) is 3.98. The van der Waals surface area contributed by atoms with Crippen molar-refractivity contribution >= 4 is 27.5 Å². The summed E-state index contributed by atoms with van der Waals surface area (Å²) < 4.78 is 41.9. The van der Waals surface area contributed by atoms with Gasteiger partial charge in [0.1, 0.15) is 18.4 Å². The number of benzene rings is 3. The van der Waals surface area contributed by atoms with Crippen LogP contribution in [0.1, 0.15) is 32.8 Å². The summed E-state index contributed by atoms with van der Waals surface area (Å²) >= 11 is 0. The fourth-order valence-corrected chi connectivity index (χ4v) is 5.39. The Kier molecular flexibility index (Phi) is 10.0. The summed E-state index contributed by atoms with van der Waals surface area (Å²) in [6.45, 7) is 5.82. The second-order valence-electron chi connectivity index (χ2n) is 9.37. The molecule has 3 rings (SSSR count). The van der Waals surface area contributed by atoms with E-state index in [-0.39, 0.29) is 29.0 Å². The standard InChI is InChI=1S/C29H34FN3O4S/c1-4-27(29(35)31-19-22(2)3)32(20-23-11-7-5-8-12-23)28(34)21-33(25-13-9-6-10-14-25)38(36,37)26-17-15-24(30)16-18-26/h5-18,22,27H,4,19-21H2,1-3H3,(H,31,35)/t27-/m1/s1. The number of para-hydroxylation sites is 1. The van der Waals surface area contributed by atoms with Gasteiger partial charge in [0, 0.05) is 13.1 Å². The van der Waals surface area contributed by atoms with Crippen molar-refractivity contribution in [2.24, 2.45) is 5.92 Å². The van der Waals surface area contributed by atoms with Gasteiger partial charge in [-0.1, -0.05) is 69.3 Å². The van der Waals surface area contributed by atoms with Crippen molar-refractivity contribution in [2.75, 3.05) is 17.4 Å². The van der Waals surface area contributed by atoms with E-state index in [1.54, 1.807) is 30.3 Å². The first-order valence-electron chi connectivity index (χ1n) is 12.6. The quantitative estimate of drug-likeness (QED) is 0.365. The van der Waals surface area contributed by atoms with Crippen LogP contribution < -0.4 is 9.62 Å². The van der Waals surface area contributed by atoms with Crippen LogP contribution in [-0.2, 0) is 26.2 Å². The third kappa shape index (κ3) is 7.41. The molecule has 0 aliphatic carbocycles. The number of amides is 2. The topological polar surface area (TPSA) is 86.8 Å². The molecule has 0 saturated carbocycles. The van der Waals surface area contributed by atoms with E-state index in [1.165, 1.54) is 17.0 Å². The van der Waals surface area contributed by atoms with E-state index < -0.39 is 34.3 Å². The van der Waals surface area contributed by atoms with Crippen LogP contribution in [0.5, 0.6) is 0 Å². The molecule has 3 aromatic carbocycles. The average molecular weight is 540 g/mol. The first kappa shape index (κ1) is 28.8. The van der Waals surface area contributed by atoms with E-state index in [2.05, 4.69) is 5.32 Å². The number of anilines is 1. The minimum absolute atomic E-state index is 0.131. The van der Waals surface area contributed by atoms with Crippen LogP contribution in [0.3, 0.4) is 0 Å². The Bertz CT molecular complexity index is 1300. The maximum atomic E-state index is 13.9. The highest BCUT2D eigenvalue weighted by molar-refractivity contribution is 7.92. The molecule has 2 amide bonds. The molecule has 0 fully saturated rings. The fraction of sp³-hybridized carbons (Fsp3) is 0.310. The van der Waals surface area contributed by atoms with E-state index in [1.807, 2.05) is 51.1 Å². The Labute approximate surface area is 224 Å². The lowest BCUT2D eigenvalue weighted by Gasteiger charge is -2.33. The number of nitrogens with one attached hydrogen (secondary N) is 1. The van der Waals surface area contributed by atoms with Gasteiger partial charge in [-0.25, -0.2) is 12.8 Å². The van der Waals surface area contributed by atoms with Gasteiger partial charge in [0.25, 0.3) is 10.0 Å². The molecule has 1 N–H and O–H groups in total. The van der Waals surface area contributed by atoms with Crippen LogP contribution in [0.2, 0.25) is 0 Å². The number of hydrogen-bond acceptors (Lipinski definition) is 4. The normalized spacial score (nSPS) is 12.1. The van der Waals surface area contributed by atoms with Gasteiger partial charge in [-0.15, -0.1) is 0 Å². The Morgan fingerprint density at radius 3 is 2.03 bits per heavy atom. The number of halogens is 1. The highest BCUT2D eigenvalue weighted by atomic mass is 32.2. The summed E-state index contributed by atoms with van der Waals surface area (Å²) in [6.07, 6.45) is 0.346. The summed E-state index contributed by atoms with van der Waals surface area (Å²) in [6, 6.07) is 21.1. The van der Waals surface area contributed by atoms with Gasteiger partial charge >= 0.3 is 0 Å². The molecule has 38 heavy (non-hydrogen) atoms. The summed E-state index contributed by atoms with van der Waals surface area (Å²) in [4.78, 5) is 28.3. The number of carbonyl (C=O) groups is 2. The molecular formula is C29H34FN3O4S. The lowest BCUT2D eigenvalue weighted by molar-refractivity contribution is -0.140. The molecule has 0 aliphatic rings. The highest BCUT2D eigenvalue weighted by Crippen LogP contribution is 2.25. The SMILES string of the molecule is CC[C@H](C(=O)NCC(C)C)N(Cc1ccccc1)C(=O)CN(c1ccccc1)S(=O)(=O)c1ccc(F)cc1. The molecule has 0 heterocycles. The minimum Gasteiger partial charge on any atom is -0.354 e. The van der Waals surface area contributed by atoms with Gasteiger partial charge in [-0.2, -0.15) is 0 Å². The molecule has 0 radical (unpaired) electrons. The van der Waals surface area contributed by atoms with E-state index in [0.29, 0.717) is 13.0 Å². The van der Waals surface area contributed by atoms with Crippen LogP contribution >= 0.6 is 0 Å². The average Bonchev–Trinajstić information content (AvgIpc) is 2.91. The lowest BCUT2D eigenvalue weighted by Crippen LogP contribution is -2.52. The van der Waals surface area contributed by atoms with Gasteiger partial charge in [-0.3, -0.25) is 13.9 Å². The Hall–Kier alpha value is -3.72. The van der Waals surface area contributed by atoms with Gasteiger partial charge in [-0.05, 0) is 54.3 Å². The zero-order valence-corrected chi connectivity index (χ0v) is 22.7. The molecule has 1 atom stereocenters. The summed E-state index contributed by atoms with van der Waals surface area (Å²) in [7, 11) is -4.23. The predicted molar refractivity (Wildman–Crippen MR) is 146 cm³/mol. The molecule has 0 saturated heterocycles. The second-order valence-corrected chi connectivity index (χ2v) is 11.2. The van der Waals surface area contributed by atoms with Gasteiger partial charge in [0.2, 0.25) is 11.8 Å². The monoisotopic (exact) mass is 539 g/mol. The predicted octanol–water partition coefficient (Wildman–Crippen LogP) is 4.60. The van der Waals surface area contributed by atoms with Crippen molar-refractivity contribution in [1.82, 2.24) is 10.2 Å². The molecule has 0 aliphatic heterocycles. The Morgan fingerprint density at radius 1 is 0.895 bits per heavy atom. The number of sulfonamides is 1.